The maximum atomic E-state index is 10.2. The molecular weight excluding hydrogens is 335 g/mol. The molecule has 0 amide bonds. The van der Waals surface area contributed by atoms with Crippen LogP contribution in [0.5, 0.6) is 0 Å². The van der Waals surface area contributed by atoms with Crippen LogP contribution in [0, 0.1) is 0 Å². The van der Waals surface area contributed by atoms with Crippen molar-refractivity contribution < 1.29 is 5.11 Å². The van der Waals surface area contributed by atoms with Crippen molar-refractivity contribution in [3.63, 3.8) is 0 Å². The Balaban J connectivity index is 2.13. The molecule has 0 bridgehead atoms. The van der Waals surface area contributed by atoms with Crippen LogP contribution in [0.25, 0.3) is 0 Å². The van der Waals surface area contributed by atoms with E-state index in [2.05, 4.69) is 15.9 Å². The van der Waals surface area contributed by atoms with Gasteiger partial charge in [-0.25, -0.2) is 0 Å². The lowest BCUT2D eigenvalue weighted by Gasteiger charge is -2.12. The van der Waals surface area contributed by atoms with Gasteiger partial charge in [0.05, 0.1) is 11.1 Å². The summed E-state index contributed by atoms with van der Waals surface area (Å²) in [4.78, 5) is 0. The first-order valence-corrected chi connectivity index (χ1v) is 6.98. The second-order valence-electron chi connectivity index (χ2n) is 4.02. The van der Waals surface area contributed by atoms with Crippen LogP contribution < -0.4 is 0 Å². The monoisotopic (exact) mass is 344 g/mol. The lowest BCUT2D eigenvalue weighted by molar-refractivity contribution is 0.178. The predicted octanol–water partition coefficient (Wildman–Crippen LogP) is 5.03. The highest BCUT2D eigenvalue weighted by atomic mass is 79.9. The summed E-state index contributed by atoms with van der Waals surface area (Å²) in [6.45, 7) is 0. The van der Waals surface area contributed by atoms with Crippen molar-refractivity contribution in [2.24, 2.45) is 0 Å². The van der Waals surface area contributed by atoms with Crippen molar-refractivity contribution in [3.05, 3.63) is 68.1 Å². The molecule has 2 aromatic rings. The standard InChI is InChI=1S/C14H11BrCl2O/c15-12-8-10(3-6-13(12)17)14(18)7-9-1-4-11(16)5-2-9/h1-6,8,14,18H,7H2. The Labute approximate surface area is 124 Å². The fourth-order valence-corrected chi connectivity index (χ4v) is 2.32. The molecule has 0 saturated heterocycles. The van der Waals surface area contributed by atoms with Gasteiger partial charge >= 0.3 is 0 Å². The Hall–Kier alpha value is -0.540. The van der Waals surface area contributed by atoms with Crippen molar-refractivity contribution in [1.29, 1.82) is 0 Å². The third-order valence-corrected chi connectivity index (χ3v) is 4.14. The van der Waals surface area contributed by atoms with Gasteiger partial charge in [0.25, 0.3) is 0 Å². The molecule has 0 saturated carbocycles. The van der Waals surface area contributed by atoms with E-state index in [0.717, 1.165) is 15.6 Å². The number of hydrogen-bond acceptors (Lipinski definition) is 1. The number of aliphatic hydroxyl groups is 1. The summed E-state index contributed by atoms with van der Waals surface area (Å²) in [7, 11) is 0. The molecule has 94 valence electrons. The third-order valence-electron chi connectivity index (χ3n) is 2.67. The Morgan fingerprint density at radius 3 is 2.33 bits per heavy atom. The zero-order chi connectivity index (χ0) is 13.1. The van der Waals surface area contributed by atoms with Crippen LogP contribution >= 0.6 is 39.1 Å². The maximum absolute atomic E-state index is 10.2. The Bertz CT molecular complexity index is 540. The van der Waals surface area contributed by atoms with E-state index < -0.39 is 6.10 Å². The summed E-state index contributed by atoms with van der Waals surface area (Å²) in [6, 6.07) is 12.9. The number of benzene rings is 2. The number of aliphatic hydroxyl groups excluding tert-OH is 1. The van der Waals surface area contributed by atoms with Gasteiger partial charge < -0.3 is 5.11 Å². The summed E-state index contributed by atoms with van der Waals surface area (Å²) in [5.41, 5.74) is 1.87. The molecule has 0 radical (unpaired) electrons. The molecule has 0 aromatic heterocycles. The fraction of sp³-hybridized carbons (Fsp3) is 0.143. The highest BCUT2D eigenvalue weighted by Crippen LogP contribution is 2.27. The molecule has 1 N–H and O–H groups in total. The van der Waals surface area contributed by atoms with Gasteiger partial charge in [-0.1, -0.05) is 41.4 Å². The quantitative estimate of drug-likeness (QED) is 0.826. The molecule has 0 aliphatic heterocycles. The van der Waals surface area contributed by atoms with Gasteiger partial charge in [0.1, 0.15) is 0 Å². The topological polar surface area (TPSA) is 20.2 Å². The smallest absolute Gasteiger partial charge is 0.0830 e. The van der Waals surface area contributed by atoms with Gasteiger partial charge in [-0.05, 0) is 51.3 Å². The second kappa shape index (κ2) is 6.07. The highest BCUT2D eigenvalue weighted by molar-refractivity contribution is 9.10. The third kappa shape index (κ3) is 3.48. The first kappa shape index (κ1) is 13.9. The average Bonchev–Trinajstić information content (AvgIpc) is 2.35. The molecule has 0 spiro atoms. The van der Waals surface area contributed by atoms with E-state index >= 15 is 0 Å². The van der Waals surface area contributed by atoms with E-state index in [9.17, 15) is 5.11 Å². The van der Waals surface area contributed by atoms with E-state index in [0.29, 0.717) is 16.5 Å². The van der Waals surface area contributed by atoms with E-state index in [1.807, 2.05) is 36.4 Å². The summed E-state index contributed by atoms with van der Waals surface area (Å²) in [6.07, 6.45) is -0.00893. The van der Waals surface area contributed by atoms with Crippen LogP contribution in [0.3, 0.4) is 0 Å². The van der Waals surface area contributed by atoms with Crippen LogP contribution in [-0.4, -0.2) is 5.11 Å². The van der Waals surface area contributed by atoms with Crippen molar-refractivity contribution in [3.8, 4) is 0 Å². The predicted molar refractivity (Wildman–Crippen MR) is 79.3 cm³/mol. The molecule has 0 fully saturated rings. The number of rotatable bonds is 3. The van der Waals surface area contributed by atoms with E-state index in [4.69, 9.17) is 23.2 Å². The second-order valence-corrected chi connectivity index (χ2v) is 5.72. The van der Waals surface area contributed by atoms with E-state index in [1.54, 1.807) is 6.07 Å². The molecule has 4 heteroatoms. The van der Waals surface area contributed by atoms with E-state index in [1.165, 1.54) is 0 Å². The van der Waals surface area contributed by atoms with Crippen LogP contribution in [0.15, 0.2) is 46.9 Å². The highest BCUT2D eigenvalue weighted by Gasteiger charge is 2.10. The molecule has 1 unspecified atom stereocenters. The molecule has 1 nitrogen and oxygen atoms in total. The maximum Gasteiger partial charge on any atom is 0.0830 e. The zero-order valence-electron chi connectivity index (χ0n) is 9.41. The minimum Gasteiger partial charge on any atom is -0.388 e. The van der Waals surface area contributed by atoms with Crippen LogP contribution in [0.2, 0.25) is 10.0 Å². The van der Waals surface area contributed by atoms with Gasteiger partial charge in [-0.15, -0.1) is 0 Å². The van der Waals surface area contributed by atoms with Crippen LogP contribution in [-0.2, 0) is 6.42 Å². The summed E-state index contributed by atoms with van der Waals surface area (Å²) in [5.74, 6) is 0. The van der Waals surface area contributed by atoms with Crippen molar-refractivity contribution in [1.82, 2.24) is 0 Å². The molecule has 2 aromatic carbocycles. The van der Waals surface area contributed by atoms with Crippen molar-refractivity contribution in [2.45, 2.75) is 12.5 Å². The Kier molecular flexibility index (Phi) is 4.68. The Morgan fingerprint density at radius 1 is 1.06 bits per heavy atom. The fourth-order valence-electron chi connectivity index (χ4n) is 1.68. The summed E-state index contributed by atoms with van der Waals surface area (Å²) in [5, 5.41) is 11.5. The molecular formula is C14H11BrCl2O. The van der Waals surface area contributed by atoms with Gasteiger partial charge in [0, 0.05) is 15.9 Å². The van der Waals surface area contributed by atoms with Crippen molar-refractivity contribution in [2.75, 3.05) is 0 Å². The minimum atomic E-state index is -0.556. The zero-order valence-corrected chi connectivity index (χ0v) is 12.5. The SMILES string of the molecule is OC(Cc1ccc(Cl)cc1)c1ccc(Cl)c(Br)c1. The molecule has 0 aliphatic rings. The average molecular weight is 346 g/mol. The molecule has 0 heterocycles. The minimum absolute atomic E-state index is 0.547. The Morgan fingerprint density at radius 2 is 1.72 bits per heavy atom. The number of halogens is 3. The summed E-state index contributed by atoms with van der Waals surface area (Å²) >= 11 is 15.1. The first-order valence-electron chi connectivity index (χ1n) is 5.44. The van der Waals surface area contributed by atoms with Gasteiger partial charge in [0.15, 0.2) is 0 Å². The number of hydrogen-bond donors (Lipinski definition) is 1. The first-order chi connectivity index (χ1) is 8.56. The van der Waals surface area contributed by atoms with Gasteiger partial charge in [-0.3, -0.25) is 0 Å². The molecule has 1 atom stereocenters. The lowest BCUT2D eigenvalue weighted by atomic mass is 10.0. The van der Waals surface area contributed by atoms with Gasteiger partial charge in [-0.2, -0.15) is 0 Å². The molecule has 0 aliphatic carbocycles. The van der Waals surface area contributed by atoms with Gasteiger partial charge in [0.2, 0.25) is 0 Å². The van der Waals surface area contributed by atoms with E-state index in [-0.39, 0.29) is 0 Å². The van der Waals surface area contributed by atoms with Crippen LogP contribution in [0.1, 0.15) is 17.2 Å². The van der Waals surface area contributed by atoms with Crippen LogP contribution in [0.4, 0.5) is 0 Å². The van der Waals surface area contributed by atoms with Crippen molar-refractivity contribution >= 4 is 39.1 Å². The molecule has 18 heavy (non-hydrogen) atoms. The largest absolute Gasteiger partial charge is 0.388 e. The summed E-state index contributed by atoms with van der Waals surface area (Å²) < 4.78 is 0.789. The molecule has 2 rings (SSSR count). The normalized spacial score (nSPS) is 12.4. The lowest BCUT2D eigenvalue weighted by Crippen LogP contribution is -2.01.